The average molecular weight is 306 g/mol. The molecule has 0 bridgehead atoms. The number of halogens is 1. The van der Waals surface area contributed by atoms with Crippen LogP contribution in [0.3, 0.4) is 0 Å². The first-order chi connectivity index (χ1) is 7.30. The highest BCUT2D eigenvalue weighted by Crippen LogP contribution is 2.22. The molecule has 3 nitrogen and oxygen atoms in total. The minimum atomic E-state index is -3.24. The first kappa shape index (κ1) is 13.5. The summed E-state index contributed by atoms with van der Waals surface area (Å²) in [5.74, 6) is 0.254. The Morgan fingerprint density at radius 2 is 2.00 bits per heavy atom. The van der Waals surface area contributed by atoms with E-state index in [0.717, 1.165) is 10.0 Å². The van der Waals surface area contributed by atoms with Crippen molar-refractivity contribution in [3.8, 4) is 0 Å². The van der Waals surface area contributed by atoms with Crippen LogP contribution in [-0.4, -0.2) is 14.2 Å². The molecular formula is C11H16BrNO2S. The van der Waals surface area contributed by atoms with Gasteiger partial charge in [0.2, 0.25) is 10.0 Å². The fourth-order valence-corrected chi connectivity index (χ4v) is 3.23. The molecule has 0 aliphatic carbocycles. The molecule has 0 amide bonds. The molecule has 0 atom stereocenters. The van der Waals surface area contributed by atoms with Crippen LogP contribution in [0.2, 0.25) is 0 Å². The van der Waals surface area contributed by atoms with Gasteiger partial charge < -0.3 is 0 Å². The van der Waals surface area contributed by atoms with Crippen LogP contribution in [0.1, 0.15) is 19.4 Å². The molecule has 5 heteroatoms. The van der Waals surface area contributed by atoms with Crippen molar-refractivity contribution in [3.63, 3.8) is 0 Å². The Morgan fingerprint density at radius 1 is 1.38 bits per heavy atom. The lowest BCUT2D eigenvalue weighted by Crippen LogP contribution is -2.20. The van der Waals surface area contributed by atoms with Gasteiger partial charge in [0.15, 0.2) is 0 Å². The Morgan fingerprint density at radius 3 is 2.56 bits per heavy atom. The van der Waals surface area contributed by atoms with E-state index in [1.807, 2.05) is 32.9 Å². The maximum absolute atomic E-state index is 11.7. The van der Waals surface area contributed by atoms with Crippen molar-refractivity contribution >= 4 is 31.6 Å². The summed E-state index contributed by atoms with van der Waals surface area (Å²) in [7, 11) is -3.24. The van der Waals surface area contributed by atoms with Gasteiger partial charge in [0.25, 0.3) is 0 Å². The summed E-state index contributed by atoms with van der Waals surface area (Å²) in [6.07, 6.45) is 0. The van der Waals surface area contributed by atoms with Gasteiger partial charge in [-0.15, -0.1) is 0 Å². The summed E-state index contributed by atoms with van der Waals surface area (Å²) < 4.78 is 27.0. The van der Waals surface area contributed by atoms with Crippen LogP contribution in [0, 0.1) is 12.8 Å². The Hall–Kier alpha value is -0.550. The lowest BCUT2D eigenvalue weighted by Gasteiger charge is -2.12. The summed E-state index contributed by atoms with van der Waals surface area (Å²) in [5.41, 5.74) is 1.55. The van der Waals surface area contributed by atoms with Gasteiger partial charge in [-0.25, -0.2) is 8.42 Å². The van der Waals surface area contributed by atoms with Crippen LogP contribution in [0.4, 0.5) is 5.69 Å². The Balaban J connectivity index is 2.92. The highest BCUT2D eigenvalue weighted by atomic mass is 79.9. The molecule has 0 aliphatic rings. The predicted molar refractivity (Wildman–Crippen MR) is 71.1 cm³/mol. The zero-order valence-corrected chi connectivity index (χ0v) is 12.0. The Labute approximate surface area is 105 Å². The van der Waals surface area contributed by atoms with E-state index in [0.29, 0.717) is 5.69 Å². The van der Waals surface area contributed by atoms with Crippen molar-refractivity contribution in [2.45, 2.75) is 20.8 Å². The number of benzene rings is 1. The highest BCUT2D eigenvalue weighted by Gasteiger charge is 2.13. The molecule has 0 aliphatic heterocycles. The molecule has 0 unspecified atom stereocenters. The van der Waals surface area contributed by atoms with Crippen LogP contribution in [0.25, 0.3) is 0 Å². The zero-order valence-electron chi connectivity index (χ0n) is 9.62. The standard InChI is InChI=1S/C11H16BrNO2S/c1-8(2)7-16(14,15)13-11-6-10(12)5-4-9(11)3/h4-6,8,13H,7H2,1-3H3. The molecule has 16 heavy (non-hydrogen) atoms. The second-order valence-electron chi connectivity index (χ2n) is 4.24. The van der Waals surface area contributed by atoms with Gasteiger partial charge >= 0.3 is 0 Å². The number of nitrogens with one attached hydrogen (secondary N) is 1. The maximum Gasteiger partial charge on any atom is 0.232 e. The van der Waals surface area contributed by atoms with Crippen LogP contribution in [0.15, 0.2) is 22.7 Å². The van der Waals surface area contributed by atoms with E-state index in [9.17, 15) is 8.42 Å². The van der Waals surface area contributed by atoms with E-state index in [1.54, 1.807) is 6.07 Å². The van der Waals surface area contributed by atoms with E-state index in [4.69, 9.17) is 0 Å². The molecule has 0 radical (unpaired) electrons. The van der Waals surface area contributed by atoms with E-state index in [-0.39, 0.29) is 11.7 Å². The third-order valence-corrected chi connectivity index (χ3v) is 4.15. The number of sulfonamides is 1. The van der Waals surface area contributed by atoms with Crippen LogP contribution < -0.4 is 4.72 Å². The minimum absolute atomic E-state index is 0.116. The first-order valence-electron chi connectivity index (χ1n) is 5.07. The highest BCUT2D eigenvalue weighted by molar-refractivity contribution is 9.10. The molecule has 0 fully saturated rings. The predicted octanol–water partition coefficient (Wildman–Crippen LogP) is 3.16. The number of hydrogen-bond donors (Lipinski definition) is 1. The zero-order chi connectivity index (χ0) is 12.3. The van der Waals surface area contributed by atoms with E-state index < -0.39 is 10.0 Å². The summed E-state index contributed by atoms with van der Waals surface area (Å²) in [5, 5.41) is 0. The molecule has 1 aromatic carbocycles. The van der Waals surface area contributed by atoms with Crippen molar-refractivity contribution in [3.05, 3.63) is 28.2 Å². The molecule has 0 heterocycles. The monoisotopic (exact) mass is 305 g/mol. The normalized spacial score (nSPS) is 11.8. The summed E-state index contributed by atoms with van der Waals surface area (Å²) in [6.45, 7) is 5.64. The fourth-order valence-electron chi connectivity index (χ4n) is 1.35. The number of hydrogen-bond acceptors (Lipinski definition) is 2. The lowest BCUT2D eigenvalue weighted by molar-refractivity contribution is 0.587. The smallest absolute Gasteiger partial charge is 0.232 e. The third-order valence-electron chi connectivity index (χ3n) is 2.02. The lowest BCUT2D eigenvalue weighted by atomic mass is 10.2. The topological polar surface area (TPSA) is 46.2 Å². The quantitative estimate of drug-likeness (QED) is 0.929. The van der Waals surface area contributed by atoms with E-state index in [2.05, 4.69) is 20.7 Å². The largest absolute Gasteiger partial charge is 0.283 e. The average Bonchev–Trinajstić information content (AvgIpc) is 2.08. The van der Waals surface area contributed by atoms with E-state index in [1.165, 1.54) is 0 Å². The number of rotatable bonds is 4. The fraction of sp³-hybridized carbons (Fsp3) is 0.455. The second-order valence-corrected chi connectivity index (χ2v) is 6.92. The maximum atomic E-state index is 11.7. The molecular weight excluding hydrogens is 290 g/mol. The van der Waals surface area contributed by atoms with Gasteiger partial charge in [0.05, 0.1) is 11.4 Å². The molecule has 90 valence electrons. The molecule has 1 N–H and O–H groups in total. The Bertz CT molecular complexity index is 469. The van der Waals surface area contributed by atoms with Crippen molar-refractivity contribution in [1.29, 1.82) is 0 Å². The molecule has 0 saturated carbocycles. The van der Waals surface area contributed by atoms with Crippen molar-refractivity contribution in [2.24, 2.45) is 5.92 Å². The minimum Gasteiger partial charge on any atom is -0.283 e. The number of aryl methyl sites for hydroxylation is 1. The molecule has 1 rings (SSSR count). The van der Waals surface area contributed by atoms with Gasteiger partial charge in [0.1, 0.15) is 0 Å². The van der Waals surface area contributed by atoms with Crippen molar-refractivity contribution in [2.75, 3.05) is 10.5 Å². The van der Waals surface area contributed by atoms with Crippen molar-refractivity contribution in [1.82, 2.24) is 0 Å². The van der Waals surface area contributed by atoms with Gasteiger partial charge in [-0.05, 0) is 30.5 Å². The molecule has 0 aromatic heterocycles. The summed E-state index contributed by atoms with van der Waals surface area (Å²) in [6, 6.07) is 5.53. The second kappa shape index (κ2) is 5.19. The SMILES string of the molecule is Cc1ccc(Br)cc1NS(=O)(=O)CC(C)C. The van der Waals surface area contributed by atoms with Gasteiger partial charge in [0, 0.05) is 4.47 Å². The summed E-state index contributed by atoms with van der Waals surface area (Å²) in [4.78, 5) is 0. The van der Waals surface area contributed by atoms with Gasteiger partial charge in [-0.3, -0.25) is 4.72 Å². The molecule has 1 aromatic rings. The summed E-state index contributed by atoms with van der Waals surface area (Å²) >= 11 is 3.32. The molecule has 0 saturated heterocycles. The van der Waals surface area contributed by atoms with E-state index >= 15 is 0 Å². The first-order valence-corrected chi connectivity index (χ1v) is 7.51. The van der Waals surface area contributed by atoms with Gasteiger partial charge in [-0.1, -0.05) is 35.8 Å². The Kier molecular flexibility index (Phi) is 4.38. The molecule has 0 spiro atoms. The number of anilines is 1. The van der Waals surface area contributed by atoms with Crippen LogP contribution in [0.5, 0.6) is 0 Å². The van der Waals surface area contributed by atoms with Gasteiger partial charge in [-0.2, -0.15) is 0 Å². The third kappa shape index (κ3) is 4.14. The van der Waals surface area contributed by atoms with Crippen molar-refractivity contribution < 1.29 is 8.42 Å². The van der Waals surface area contributed by atoms with Crippen LogP contribution >= 0.6 is 15.9 Å². The van der Waals surface area contributed by atoms with Crippen LogP contribution in [-0.2, 0) is 10.0 Å².